The molecule has 1 unspecified atom stereocenters. The number of alkyl halides is 1. The lowest BCUT2D eigenvalue weighted by atomic mass is 9.90. The van der Waals surface area contributed by atoms with Crippen LogP contribution < -0.4 is 10.1 Å². The first-order chi connectivity index (χ1) is 11.1. The highest BCUT2D eigenvalue weighted by Gasteiger charge is 2.20. The second-order valence-corrected chi connectivity index (χ2v) is 5.86. The molecular weight excluding hydrogens is 301 g/mol. The van der Waals surface area contributed by atoms with Crippen molar-refractivity contribution in [3.63, 3.8) is 0 Å². The predicted octanol–water partition coefficient (Wildman–Crippen LogP) is 2.80. The summed E-state index contributed by atoms with van der Waals surface area (Å²) in [6, 6.07) is 4.90. The Morgan fingerprint density at radius 1 is 1.22 bits per heavy atom. The van der Waals surface area contributed by atoms with E-state index in [1.165, 1.54) is 32.1 Å². The first kappa shape index (κ1) is 17.2. The Bertz CT molecular complexity index is 526. The molecule has 1 atom stereocenters. The molecule has 0 saturated heterocycles. The standard InChI is InChI=1S/C17H22FNO4/c18-10-15(17(21)22)19-16(20)13-6-8-14(9-7-13)23-11-12-4-2-1-3-5-12/h6-9,12,15H,1-5,10-11H2,(H,19,20)(H,21,22). The molecule has 1 amide bonds. The van der Waals surface area contributed by atoms with Gasteiger partial charge < -0.3 is 15.2 Å². The van der Waals surface area contributed by atoms with Gasteiger partial charge in [0.05, 0.1) is 6.61 Å². The molecule has 23 heavy (non-hydrogen) atoms. The molecule has 2 N–H and O–H groups in total. The molecule has 1 fully saturated rings. The third kappa shape index (κ3) is 5.23. The number of carboxylic acid groups (broad SMARTS) is 1. The van der Waals surface area contributed by atoms with Crippen LogP contribution in [0, 0.1) is 5.92 Å². The van der Waals surface area contributed by atoms with Crippen LogP contribution in [0.5, 0.6) is 5.75 Å². The lowest BCUT2D eigenvalue weighted by molar-refractivity contribution is -0.139. The fourth-order valence-corrected chi connectivity index (χ4v) is 2.68. The van der Waals surface area contributed by atoms with Crippen LogP contribution in [0.3, 0.4) is 0 Å². The van der Waals surface area contributed by atoms with Gasteiger partial charge >= 0.3 is 5.97 Å². The highest BCUT2D eigenvalue weighted by atomic mass is 19.1. The molecule has 1 aliphatic carbocycles. The maximum Gasteiger partial charge on any atom is 0.328 e. The van der Waals surface area contributed by atoms with E-state index in [9.17, 15) is 14.0 Å². The maximum atomic E-state index is 12.5. The molecule has 6 heteroatoms. The summed E-state index contributed by atoms with van der Waals surface area (Å²) in [5.74, 6) is -0.748. The third-order valence-electron chi connectivity index (χ3n) is 4.08. The van der Waals surface area contributed by atoms with E-state index < -0.39 is 24.6 Å². The second kappa shape index (κ2) is 8.50. The quantitative estimate of drug-likeness (QED) is 0.809. The molecule has 1 aliphatic rings. The topological polar surface area (TPSA) is 75.6 Å². The fraction of sp³-hybridized carbons (Fsp3) is 0.529. The maximum absolute atomic E-state index is 12.5. The molecule has 0 aliphatic heterocycles. The Labute approximate surface area is 134 Å². The van der Waals surface area contributed by atoms with Gasteiger partial charge in [-0.25, -0.2) is 9.18 Å². The minimum atomic E-state index is -1.52. The molecule has 0 heterocycles. The smallest absolute Gasteiger partial charge is 0.328 e. The van der Waals surface area contributed by atoms with Crippen molar-refractivity contribution in [2.24, 2.45) is 5.92 Å². The molecule has 1 saturated carbocycles. The molecule has 2 rings (SSSR count). The van der Waals surface area contributed by atoms with Crippen LogP contribution in [-0.4, -0.2) is 36.3 Å². The molecule has 0 aromatic heterocycles. The number of hydrogen-bond acceptors (Lipinski definition) is 3. The summed E-state index contributed by atoms with van der Waals surface area (Å²) in [4.78, 5) is 22.6. The summed E-state index contributed by atoms with van der Waals surface area (Å²) < 4.78 is 18.2. The monoisotopic (exact) mass is 323 g/mol. The fourth-order valence-electron chi connectivity index (χ4n) is 2.68. The SMILES string of the molecule is O=C(NC(CF)C(=O)O)c1ccc(OCC2CCCCC2)cc1. The predicted molar refractivity (Wildman–Crippen MR) is 83.4 cm³/mol. The van der Waals surface area contributed by atoms with Crippen molar-refractivity contribution in [1.82, 2.24) is 5.32 Å². The Morgan fingerprint density at radius 3 is 2.43 bits per heavy atom. The third-order valence-corrected chi connectivity index (χ3v) is 4.08. The van der Waals surface area contributed by atoms with E-state index in [2.05, 4.69) is 5.32 Å². The van der Waals surface area contributed by atoms with Gasteiger partial charge in [-0.05, 0) is 43.0 Å². The Hall–Kier alpha value is -2.11. The first-order valence-electron chi connectivity index (χ1n) is 7.92. The summed E-state index contributed by atoms with van der Waals surface area (Å²) in [6.07, 6.45) is 6.20. The molecule has 0 bridgehead atoms. The van der Waals surface area contributed by atoms with Crippen LogP contribution in [0.1, 0.15) is 42.5 Å². The molecule has 126 valence electrons. The molecule has 0 spiro atoms. The van der Waals surface area contributed by atoms with Gasteiger partial charge in [0.25, 0.3) is 5.91 Å². The average molecular weight is 323 g/mol. The van der Waals surface area contributed by atoms with Crippen molar-refractivity contribution in [3.05, 3.63) is 29.8 Å². The summed E-state index contributed by atoms with van der Waals surface area (Å²) in [5.41, 5.74) is 0.273. The Balaban J connectivity index is 1.85. The normalized spacial score (nSPS) is 16.6. The highest BCUT2D eigenvalue weighted by Crippen LogP contribution is 2.24. The number of halogens is 1. The number of rotatable bonds is 7. The van der Waals surface area contributed by atoms with Crippen LogP contribution >= 0.6 is 0 Å². The second-order valence-electron chi connectivity index (χ2n) is 5.86. The molecule has 1 aromatic rings. The molecular formula is C17H22FNO4. The number of nitrogens with one attached hydrogen (secondary N) is 1. The van der Waals surface area contributed by atoms with Gasteiger partial charge in [-0.15, -0.1) is 0 Å². The zero-order valence-corrected chi connectivity index (χ0v) is 13.0. The lowest BCUT2D eigenvalue weighted by Gasteiger charge is -2.21. The number of carbonyl (C=O) groups excluding carboxylic acids is 1. The lowest BCUT2D eigenvalue weighted by Crippen LogP contribution is -2.42. The van der Waals surface area contributed by atoms with Crippen LogP contribution in [0.4, 0.5) is 4.39 Å². The number of amides is 1. The minimum absolute atomic E-state index is 0.273. The number of hydrogen-bond donors (Lipinski definition) is 2. The van der Waals surface area contributed by atoms with Crippen molar-refractivity contribution in [1.29, 1.82) is 0 Å². The van der Waals surface area contributed by atoms with Crippen molar-refractivity contribution in [2.75, 3.05) is 13.3 Å². The van der Waals surface area contributed by atoms with E-state index in [0.717, 1.165) is 0 Å². The number of aliphatic carboxylic acids is 1. The van der Waals surface area contributed by atoms with Gasteiger partial charge in [-0.1, -0.05) is 19.3 Å². The van der Waals surface area contributed by atoms with Crippen molar-refractivity contribution in [3.8, 4) is 5.75 Å². The van der Waals surface area contributed by atoms with Gasteiger partial charge in [0, 0.05) is 5.56 Å². The van der Waals surface area contributed by atoms with Crippen LogP contribution in [0.15, 0.2) is 24.3 Å². The molecule has 5 nitrogen and oxygen atoms in total. The summed E-state index contributed by atoms with van der Waals surface area (Å²) in [7, 11) is 0. The molecule has 1 aromatic carbocycles. The average Bonchev–Trinajstić information content (AvgIpc) is 2.58. The van der Waals surface area contributed by atoms with Crippen molar-refractivity contribution >= 4 is 11.9 Å². The first-order valence-corrected chi connectivity index (χ1v) is 7.92. The van der Waals surface area contributed by atoms with Gasteiger partial charge in [0.15, 0.2) is 6.04 Å². The Morgan fingerprint density at radius 2 is 1.87 bits per heavy atom. The van der Waals surface area contributed by atoms with E-state index in [1.54, 1.807) is 24.3 Å². The minimum Gasteiger partial charge on any atom is -0.493 e. The zero-order valence-electron chi connectivity index (χ0n) is 13.0. The molecule has 0 radical (unpaired) electrons. The van der Waals surface area contributed by atoms with Gasteiger partial charge in [-0.3, -0.25) is 4.79 Å². The van der Waals surface area contributed by atoms with E-state index in [4.69, 9.17) is 9.84 Å². The highest BCUT2D eigenvalue weighted by molar-refractivity contribution is 5.96. The largest absolute Gasteiger partial charge is 0.493 e. The van der Waals surface area contributed by atoms with E-state index in [-0.39, 0.29) is 5.56 Å². The number of carbonyl (C=O) groups is 2. The summed E-state index contributed by atoms with van der Waals surface area (Å²) in [5, 5.41) is 10.9. The number of carboxylic acids is 1. The van der Waals surface area contributed by atoms with Gasteiger partial charge in [0.1, 0.15) is 12.4 Å². The van der Waals surface area contributed by atoms with Crippen LogP contribution in [0.25, 0.3) is 0 Å². The van der Waals surface area contributed by atoms with E-state index >= 15 is 0 Å². The van der Waals surface area contributed by atoms with Crippen molar-refractivity contribution < 1.29 is 23.8 Å². The number of ether oxygens (including phenoxy) is 1. The van der Waals surface area contributed by atoms with Crippen molar-refractivity contribution in [2.45, 2.75) is 38.1 Å². The summed E-state index contributed by atoms with van der Waals surface area (Å²) in [6.45, 7) is -0.474. The number of benzene rings is 1. The van der Waals surface area contributed by atoms with E-state index in [1.807, 2.05) is 0 Å². The Kier molecular flexibility index (Phi) is 6.38. The van der Waals surface area contributed by atoms with E-state index in [0.29, 0.717) is 18.3 Å². The summed E-state index contributed by atoms with van der Waals surface area (Å²) >= 11 is 0. The van der Waals surface area contributed by atoms with Gasteiger partial charge in [0.2, 0.25) is 0 Å². The van der Waals surface area contributed by atoms with Crippen LogP contribution in [0.2, 0.25) is 0 Å². The zero-order chi connectivity index (χ0) is 16.7. The van der Waals surface area contributed by atoms with Crippen LogP contribution in [-0.2, 0) is 4.79 Å². The van der Waals surface area contributed by atoms with Gasteiger partial charge in [-0.2, -0.15) is 0 Å².